The summed E-state index contributed by atoms with van der Waals surface area (Å²) in [5.74, 6) is 1.54. The second-order valence-electron chi connectivity index (χ2n) is 4.45. The van der Waals surface area contributed by atoms with Crippen LogP contribution in [-0.2, 0) is 6.42 Å². The van der Waals surface area contributed by atoms with E-state index in [4.69, 9.17) is 4.74 Å². The van der Waals surface area contributed by atoms with E-state index in [0.717, 1.165) is 18.4 Å². The predicted octanol–water partition coefficient (Wildman–Crippen LogP) is 3.71. The van der Waals surface area contributed by atoms with Crippen LogP contribution in [0.25, 0.3) is 0 Å². The third-order valence-corrected chi connectivity index (χ3v) is 2.90. The van der Waals surface area contributed by atoms with Crippen LogP contribution in [0.2, 0.25) is 0 Å². The van der Waals surface area contributed by atoms with Gasteiger partial charge in [0, 0.05) is 13.5 Å². The highest BCUT2D eigenvalue weighted by Gasteiger charge is 2.13. The topological polar surface area (TPSA) is 47.0 Å². The maximum atomic E-state index is 13.7. The summed E-state index contributed by atoms with van der Waals surface area (Å²) in [6.07, 6.45) is 1.69. The molecule has 0 fully saturated rings. The summed E-state index contributed by atoms with van der Waals surface area (Å²) in [6, 6.07) is 6.28. The van der Waals surface area contributed by atoms with Gasteiger partial charge in [0.15, 0.2) is 11.6 Å². The molecule has 106 valence electrons. The summed E-state index contributed by atoms with van der Waals surface area (Å²) < 4.78 is 19.3. The number of benzene rings is 1. The lowest BCUT2D eigenvalue weighted by molar-refractivity contribution is 0.421. The van der Waals surface area contributed by atoms with E-state index in [9.17, 15) is 4.39 Å². The third-order valence-electron chi connectivity index (χ3n) is 2.90. The monoisotopic (exact) mass is 275 g/mol. The molecule has 5 heteroatoms. The Morgan fingerprint density at radius 1 is 1.25 bits per heavy atom. The number of anilines is 1. The number of halogens is 1. The first-order valence-electron chi connectivity index (χ1n) is 6.63. The summed E-state index contributed by atoms with van der Waals surface area (Å²) in [7, 11) is 1.79. The average Bonchev–Trinajstić information content (AvgIpc) is 2.45. The van der Waals surface area contributed by atoms with Crippen molar-refractivity contribution in [3.05, 3.63) is 41.5 Å². The van der Waals surface area contributed by atoms with E-state index >= 15 is 0 Å². The Labute approximate surface area is 118 Å². The average molecular weight is 275 g/mol. The van der Waals surface area contributed by atoms with Crippen molar-refractivity contribution in [2.45, 2.75) is 26.7 Å². The molecule has 0 aliphatic carbocycles. The molecule has 0 spiro atoms. The van der Waals surface area contributed by atoms with Gasteiger partial charge in [-0.1, -0.05) is 19.1 Å². The minimum Gasteiger partial charge on any atom is -0.435 e. The van der Waals surface area contributed by atoms with Crippen LogP contribution in [0, 0.1) is 12.7 Å². The number of ether oxygens (including phenoxy) is 1. The van der Waals surface area contributed by atoms with Crippen molar-refractivity contribution >= 4 is 5.82 Å². The number of hydrogen-bond donors (Lipinski definition) is 1. The Morgan fingerprint density at radius 3 is 2.65 bits per heavy atom. The van der Waals surface area contributed by atoms with Crippen molar-refractivity contribution < 1.29 is 9.13 Å². The third kappa shape index (κ3) is 3.04. The van der Waals surface area contributed by atoms with Crippen LogP contribution in [0.5, 0.6) is 11.6 Å². The number of aryl methyl sites for hydroxylation is 1. The predicted molar refractivity (Wildman–Crippen MR) is 76.8 cm³/mol. The Morgan fingerprint density at radius 2 is 2.00 bits per heavy atom. The second-order valence-corrected chi connectivity index (χ2v) is 4.45. The number of nitrogens with zero attached hydrogens (tertiary/aromatic N) is 2. The largest absolute Gasteiger partial charge is 0.435 e. The van der Waals surface area contributed by atoms with Gasteiger partial charge in [0.2, 0.25) is 5.88 Å². The van der Waals surface area contributed by atoms with Gasteiger partial charge in [-0.05, 0) is 25.5 Å². The molecular formula is C15H18FN3O. The molecule has 2 aromatic rings. The first kappa shape index (κ1) is 14.2. The molecule has 1 heterocycles. The van der Waals surface area contributed by atoms with Crippen LogP contribution in [0.15, 0.2) is 24.3 Å². The summed E-state index contributed by atoms with van der Waals surface area (Å²) in [5, 5.41) is 3.01. The highest BCUT2D eigenvalue weighted by molar-refractivity contribution is 5.49. The van der Waals surface area contributed by atoms with Crippen LogP contribution in [0.3, 0.4) is 0 Å². The Balaban J connectivity index is 2.39. The van der Waals surface area contributed by atoms with Gasteiger partial charge in [0.05, 0.1) is 5.56 Å². The first-order chi connectivity index (χ1) is 9.65. The van der Waals surface area contributed by atoms with Crippen LogP contribution < -0.4 is 10.1 Å². The minimum atomic E-state index is -0.409. The van der Waals surface area contributed by atoms with Crippen molar-refractivity contribution in [3.63, 3.8) is 0 Å². The molecule has 0 amide bonds. The van der Waals surface area contributed by atoms with Gasteiger partial charge in [0.1, 0.15) is 11.6 Å². The SMILES string of the molecule is CCCc1nc(NC)c(C)c(Oc2ccccc2F)n1. The molecule has 0 aliphatic rings. The van der Waals surface area contributed by atoms with Crippen molar-refractivity contribution in [2.24, 2.45) is 0 Å². The molecule has 0 saturated heterocycles. The molecule has 0 saturated carbocycles. The molecule has 1 aromatic heterocycles. The normalized spacial score (nSPS) is 10.4. The van der Waals surface area contributed by atoms with Crippen molar-refractivity contribution in [2.75, 3.05) is 12.4 Å². The van der Waals surface area contributed by atoms with Gasteiger partial charge in [-0.3, -0.25) is 0 Å². The van der Waals surface area contributed by atoms with Gasteiger partial charge < -0.3 is 10.1 Å². The Bertz CT molecular complexity index is 602. The Kier molecular flexibility index (Phi) is 4.50. The molecule has 0 aliphatic heterocycles. The quantitative estimate of drug-likeness (QED) is 0.903. The fraction of sp³-hybridized carbons (Fsp3) is 0.333. The summed E-state index contributed by atoms with van der Waals surface area (Å²) in [4.78, 5) is 8.78. The number of hydrogen-bond acceptors (Lipinski definition) is 4. The van der Waals surface area contributed by atoms with Crippen LogP contribution >= 0.6 is 0 Å². The van der Waals surface area contributed by atoms with Crippen molar-refractivity contribution in [1.29, 1.82) is 0 Å². The van der Waals surface area contributed by atoms with E-state index in [2.05, 4.69) is 22.2 Å². The molecule has 0 bridgehead atoms. The Hall–Kier alpha value is -2.17. The van der Waals surface area contributed by atoms with Gasteiger partial charge in [0.25, 0.3) is 0 Å². The van der Waals surface area contributed by atoms with Crippen molar-refractivity contribution in [3.8, 4) is 11.6 Å². The zero-order chi connectivity index (χ0) is 14.5. The van der Waals surface area contributed by atoms with Crippen LogP contribution in [0.4, 0.5) is 10.2 Å². The van der Waals surface area contributed by atoms with Gasteiger partial charge in [-0.25, -0.2) is 9.37 Å². The number of nitrogens with one attached hydrogen (secondary N) is 1. The van der Waals surface area contributed by atoms with E-state index in [-0.39, 0.29) is 5.75 Å². The molecule has 0 unspecified atom stereocenters. The lowest BCUT2D eigenvalue weighted by Gasteiger charge is -2.13. The molecular weight excluding hydrogens is 257 g/mol. The van der Waals surface area contributed by atoms with E-state index in [1.165, 1.54) is 6.07 Å². The number of aromatic nitrogens is 2. The van der Waals surface area contributed by atoms with Crippen LogP contribution in [-0.4, -0.2) is 17.0 Å². The summed E-state index contributed by atoms with van der Waals surface area (Å²) >= 11 is 0. The number of para-hydroxylation sites is 1. The van der Waals surface area contributed by atoms with Gasteiger partial charge >= 0.3 is 0 Å². The van der Waals surface area contributed by atoms with Crippen LogP contribution in [0.1, 0.15) is 24.7 Å². The van der Waals surface area contributed by atoms with Gasteiger partial charge in [-0.15, -0.1) is 0 Å². The highest BCUT2D eigenvalue weighted by Crippen LogP contribution is 2.28. The standard InChI is InChI=1S/C15H18FN3O/c1-4-7-13-18-14(17-3)10(2)15(19-13)20-12-9-6-5-8-11(12)16/h5-6,8-9H,4,7H2,1-3H3,(H,17,18,19). The fourth-order valence-electron chi connectivity index (χ4n) is 1.85. The maximum Gasteiger partial charge on any atom is 0.227 e. The second kappa shape index (κ2) is 6.32. The fourth-order valence-corrected chi connectivity index (χ4v) is 1.85. The van der Waals surface area contributed by atoms with E-state index in [1.54, 1.807) is 25.2 Å². The molecule has 1 N–H and O–H groups in total. The van der Waals surface area contributed by atoms with E-state index in [0.29, 0.717) is 17.5 Å². The highest BCUT2D eigenvalue weighted by atomic mass is 19.1. The summed E-state index contributed by atoms with van der Waals surface area (Å²) in [5.41, 5.74) is 0.760. The molecule has 0 atom stereocenters. The molecule has 1 aromatic carbocycles. The smallest absolute Gasteiger partial charge is 0.227 e. The van der Waals surface area contributed by atoms with Gasteiger partial charge in [-0.2, -0.15) is 4.98 Å². The lowest BCUT2D eigenvalue weighted by atomic mass is 10.2. The molecule has 2 rings (SSSR count). The van der Waals surface area contributed by atoms with E-state index in [1.807, 2.05) is 6.92 Å². The summed E-state index contributed by atoms with van der Waals surface area (Å²) in [6.45, 7) is 3.90. The maximum absolute atomic E-state index is 13.7. The van der Waals surface area contributed by atoms with E-state index < -0.39 is 5.82 Å². The zero-order valence-corrected chi connectivity index (χ0v) is 11.9. The molecule has 20 heavy (non-hydrogen) atoms. The van der Waals surface area contributed by atoms with Crippen molar-refractivity contribution in [1.82, 2.24) is 9.97 Å². The molecule has 4 nitrogen and oxygen atoms in total. The lowest BCUT2D eigenvalue weighted by Crippen LogP contribution is -2.05. The zero-order valence-electron chi connectivity index (χ0n) is 11.9. The number of rotatable bonds is 5. The minimum absolute atomic E-state index is 0.166. The first-order valence-corrected chi connectivity index (χ1v) is 6.63. The molecule has 0 radical (unpaired) electrons.